The molecule has 0 fully saturated rings. The number of rotatable bonds is 5. The highest BCUT2D eigenvalue weighted by atomic mass is 19.4. The van der Waals surface area contributed by atoms with Crippen molar-refractivity contribution in [3.05, 3.63) is 33.9 Å². The highest BCUT2D eigenvalue weighted by Crippen LogP contribution is 2.37. The van der Waals surface area contributed by atoms with Crippen LogP contribution in [-0.2, 0) is 15.8 Å². The summed E-state index contributed by atoms with van der Waals surface area (Å²) in [5.41, 5.74) is -6.82. The number of hydrogen-bond donors (Lipinski definition) is 2. The second-order valence-electron chi connectivity index (χ2n) is 5.54. The normalized spacial score (nSPS) is 14.2. The van der Waals surface area contributed by atoms with Crippen LogP contribution < -0.4 is 5.32 Å². The largest absolute Gasteiger partial charge is 0.473 e. The molecule has 2 N–H and O–H groups in total. The van der Waals surface area contributed by atoms with Gasteiger partial charge in [0.25, 0.3) is 11.6 Å². The first-order chi connectivity index (χ1) is 12.5. The molecule has 8 nitrogen and oxygen atoms in total. The number of benzene rings is 1. The minimum absolute atomic E-state index is 0.139. The Labute approximate surface area is 150 Å². The average molecular weight is 421 g/mol. The Balaban J connectivity index is 3.06. The van der Waals surface area contributed by atoms with E-state index in [-0.39, 0.29) is 6.07 Å². The fourth-order valence-electron chi connectivity index (χ4n) is 1.82. The number of aliphatic hydroxyl groups is 1. The number of alkyl halides is 6. The fourth-order valence-corrected chi connectivity index (χ4v) is 1.82. The van der Waals surface area contributed by atoms with Gasteiger partial charge in [-0.15, -0.1) is 0 Å². The summed E-state index contributed by atoms with van der Waals surface area (Å²) in [6, 6.07) is 1.18. The summed E-state index contributed by atoms with van der Waals surface area (Å²) in [7, 11) is 0. The second kappa shape index (κ2) is 7.57. The smallest absolute Gasteiger partial charge is 0.378 e. The van der Waals surface area contributed by atoms with Crippen molar-refractivity contribution in [1.82, 2.24) is 5.12 Å². The van der Waals surface area contributed by atoms with Gasteiger partial charge in [-0.25, -0.2) is 0 Å². The quantitative estimate of drug-likeness (QED) is 0.329. The molecule has 0 spiro atoms. The van der Waals surface area contributed by atoms with E-state index >= 15 is 0 Å². The molecule has 0 saturated heterocycles. The molecule has 1 aromatic rings. The van der Waals surface area contributed by atoms with E-state index in [4.69, 9.17) is 0 Å². The summed E-state index contributed by atoms with van der Waals surface area (Å²) >= 11 is 0. The zero-order chi connectivity index (χ0) is 22.1. The van der Waals surface area contributed by atoms with Crippen molar-refractivity contribution in [2.45, 2.75) is 24.9 Å². The Hall–Kier alpha value is -2.97. The molecule has 0 aliphatic heterocycles. The van der Waals surface area contributed by atoms with Crippen LogP contribution in [-0.4, -0.2) is 45.3 Å². The highest BCUT2D eigenvalue weighted by Gasteiger charge is 2.46. The third-order valence-corrected chi connectivity index (χ3v) is 3.16. The number of nitro groups is 1. The van der Waals surface area contributed by atoms with Gasteiger partial charge in [0.15, 0.2) is 5.60 Å². The summed E-state index contributed by atoms with van der Waals surface area (Å²) in [5, 5.41) is 20.5. The molecule has 0 saturated carbocycles. The van der Waals surface area contributed by atoms with E-state index in [0.29, 0.717) is 19.1 Å². The van der Waals surface area contributed by atoms with E-state index in [9.17, 15) is 55.6 Å². The van der Waals surface area contributed by atoms with E-state index in [0.717, 1.165) is 0 Å². The van der Waals surface area contributed by atoms with Crippen molar-refractivity contribution in [3.8, 4) is 0 Å². The number of amides is 2. The molecular formula is C13H10F7N3O5. The minimum atomic E-state index is -5.64. The molecule has 0 aliphatic rings. The molecule has 0 aromatic heterocycles. The summed E-state index contributed by atoms with van der Waals surface area (Å²) in [6.07, 6.45) is -10.8. The molecule has 0 bridgehead atoms. The average Bonchev–Trinajstić information content (AvgIpc) is 2.51. The maximum Gasteiger partial charge on any atom is 0.473 e. The maximum absolute atomic E-state index is 13.2. The zero-order valence-corrected chi connectivity index (χ0v) is 13.6. The van der Waals surface area contributed by atoms with Gasteiger partial charge in [0.1, 0.15) is 5.56 Å². The number of nitrogens with zero attached hydrogens (tertiary/aromatic N) is 2. The molecule has 1 rings (SSSR count). The molecule has 0 radical (unpaired) electrons. The molecule has 1 atom stereocenters. The van der Waals surface area contributed by atoms with Crippen LogP contribution in [0.15, 0.2) is 18.2 Å². The first-order valence-corrected chi connectivity index (χ1v) is 6.90. The Morgan fingerprint density at radius 3 is 2.18 bits per heavy atom. The molecular weight excluding hydrogens is 411 g/mol. The number of halogens is 7. The van der Waals surface area contributed by atoms with Gasteiger partial charge in [0, 0.05) is 11.8 Å². The SMILES string of the molecule is CC(O)(CN(F)C(=O)C(F)(F)F)C(=O)Nc1ccc([N+](=O)[O-])c(C(F)(F)F)c1. The summed E-state index contributed by atoms with van der Waals surface area (Å²) in [4.78, 5) is 31.8. The zero-order valence-electron chi connectivity index (χ0n) is 13.6. The van der Waals surface area contributed by atoms with Crippen LogP contribution in [0.4, 0.5) is 42.2 Å². The van der Waals surface area contributed by atoms with Crippen molar-refractivity contribution < 1.29 is 50.4 Å². The van der Waals surface area contributed by atoms with Crippen molar-refractivity contribution >= 4 is 23.2 Å². The number of anilines is 1. The lowest BCUT2D eigenvalue weighted by atomic mass is 10.1. The lowest BCUT2D eigenvalue weighted by Gasteiger charge is -2.25. The number of nitrogens with one attached hydrogen (secondary N) is 1. The molecule has 15 heteroatoms. The van der Waals surface area contributed by atoms with Gasteiger partial charge in [-0.3, -0.25) is 19.7 Å². The van der Waals surface area contributed by atoms with Crippen molar-refractivity contribution in [1.29, 1.82) is 0 Å². The van der Waals surface area contributed by atoms with Crippen LogP contribution >= 0.6 is 0 Å². The van der Waals surface area contributed by atoms with Crippen LogP contribution in [0.3, 0.4) is 0 Å². The molecule has 2 amide bonds. The molecule has 1 unspecified atom stereocenters. The van der Waals surface area contributed by atoms with Gasteiger partial charge < -0.3 is 10.4 Å². The Kier molecular flexibility index (Phi) is 6.24. The Bertz CT molecular complexity index is 792. The standard InChI is InChI=1S/C13H10F7N3O5/c1-11(26,5-22(20)10(25)13(17,18)19)9(24)21-6-2-3-8(23(27)28)7(4-6)12(14,15)16/h2-4,26H,5H2,1H3,(H,21,24). The van der Waals surface area contributed by atoms with Crippen LogP contribution in [0.25, 0.3) is 0 Å². The van der Waals surface area contributed by atoms with Gasteiger partial charge in [-0.05, 0) is 19.1 Å². The molecule has 0 heterocycles. The highest BCUT2D eigenvalue weighted by molar-refractivity contribution is 5.97. The summed E-state index contributed by atoms with van der Waals surface area (Å²) in [6.45, 7) is -1.30. The van der Waals surface area contributed by atoms with Gasteiger partial charge in [-0.1, -0.05) is 4.48 Å². The minimum Gasteiger partial charge on any atom is -0.378 e. The molecule has 156 valence electrons. The summed E-state index contributed by atoms with van der Waals surface area (Å²) < 4.78 is 88.2. The molecule has 1 aromatic carbocycles. The number of carbonyl (C=O) groups excluding carboxylic acids is 2. The monoisotopic (exact) mass is 421 g/mol. The third kappa shape index (κ3) is 5.51. The van der Waals surface area contributed by atoms with Gasteiger partial charge >= 0.3 is 18.3 Å². The van der Waals surface area contributed by atoms with Crippen LogP contribution in [0.5, 0.6) is 0 Å². The van der Waals surface area contributed by atoms with Crippen LogP contribution in [0, 0.1) is 10.1 Å². The molecule has 28 heavy (non-hydrogen) atoms. The Morgan fingerprint density at radius 1 is 1.21 bits per heavy atom. The predicted octanol–water partition coefficient (Wildman–Crippen LogP) is 2.58. The molecule has 0 aliphatic carbocycles. The number of nitro benzene ring substituents is 1. The number of hydrogen-bond acceptors (Lipinski definition) is 5. The maximum atomic E-state index is 13.2. The van der Waals surface area contributed by atoms with Crippen molar-refractivity contribution in [2.75, 3.05) is 11.9 Å². The first kappa shape index (κ1) is 23.1. The van der Waals surface area contributed by atoms with E-state index in [2.05, 4.69) is 0 Å². The van der Waals surface area contributed by atoms with Gasteiger partial charge in [0.2, 0.25) is 0 Å². The summed E-state index contributed by atoms with van der Waals surface area (Å²) in [5.74, 6) is -4.69. The second-order valence-corrected chi connectivity index (χ2v) is 5.54. The van der Waals surface area contributed by atoms with Crippen molar-refractivity contribution in [3.63, 3.8) is 0 Å². The topological polar surface area (TPSA) is 113 Å². The van der Waals surface area contributed by atoms with Crippen LogP contribution in [0.2, 0.25) is 0 Å². The predicted molar refractivity (Wildman–Crippen MR) is 76.2 cm³/mol. The fraction of sp³-hybridized carbons (Fsp3) is 0.385. The van der Waals surface area contributed by atoms with E-state index in [1.807, 2.05) is 0 Å². The van der Waals surface area contributed by atoms with E-state index in [1.54, 1.807) is 5.32 Å². The first-order valence-electron chi connectivity index (χ1n) is 6.90. The Morgan fingerprint density at radius 2 is 1.75 bits per heavy atom. The lowest BCUT2D eigenvalue weighted by molar-refractivity contribution is -0.388. The van der Waals surface area contributed by atoms with Gasteiger partial charge in [-0.2, -0.15) is 31.5 Å². The lowest BCUT2D eigenvalue weighted by Crippen LogP contribution is -2.51. The third-order valence-electron chi connectivity index (χ3n) is 3.16. The van der Waals surface area contributed by atoms with E-state index in [1.165, 1.54) is 0 Å². The number of carbonyl (C=O) groups is 2. The van der Waals surface area contributed by atoms with Crippen molar-refractivity contribution in [2.24, 2.45) is 0 Å². The van der Waals surface area contributed by atoms with E-state index < -0.39 is 63.3 Å². The van der Waals surface area contributed by atoms with Gasteiger partial charge in [0.05, 0.1) is 11.5 Å². The van der Waals surface area contributed by atoms with Crippen LogP contribution in [0.1, 0.15) is 12.5 Å².